The number of para-hydroxylation sites is 2. The molecule has 1 fully saturated rings. The molecular formula is C13H18N2O2. The lowest BCUT2D eigenvalue weighted by molar-refractivity contribution is -0.125. The van der Waals surface area contributed by atoms with Crippen LogP contribution in [0.5, 0.6) is 5.75 Å². The van der Waals surface area contributed by atoms with Gasteiger partial charge in [0.2, 0.25) is 0 Å². The van der Waals surface area contributed by atoms with Gasteiger partial charge in [-0.25, -0.2) is 0 Å². The van der Waals surface area contributed by atoms with E-state index in [4.69, 9.17) is 10.5 Å². The molecule has 0 aromatic heterocycles. The van der Waals surface area contributed by atoms with Gasteiger partial charge in [0.15, 0.2) is 6.61 Å². The normalized spacial score (nSPS) is 17.0. The van der Waals surface area contributed by atoms with Crippen molar-refractivity contribution in [3.05, 3.63) is 24.3 Å². The minimum Gasteiger partial charge on any atom is -0.482 e. The Morgan fingerprint density at radius 3 is 2.76 bits per heavy atom. The molecule has 1 aromatic rings. The predicted molar refractivity (Wildman–Crippen MR) is 66.7 cm³/mol. The molecule has 1 saturated carbocycles. The maximum atomic E-state index is 11.7. The van der Waals surface area contributed by atoms with E-state index in [1.165, 1.54) is 6.42 Å². The third kappa shape index (κ3) is 2.90. The molecule has 17 heavy (non-hydrogen) atoms. The van der Waals surface area contributed by atoms with Crippen molar-refractivity contribution >= 4 is 11.6 Å². The van der Waals surface area contributed by atoms with Crippen molar-refractivity contribution in [2.24, 2.45) is 0 Å². The smallest absolute Gasteiger partial charge is 0.258 e. The highest BCUT2D eigenvalue weighted by atomic mass is 16.5. The van der Waals surface area contributed by atoms with E-state index in [1.807, 2.05) is 12.1 Å². The van der Waals surface area contributed by atoms with Gasteiger partial charge in [-0.05, 0) is 38.3 Å². The summed E-state index contributed by atoms with van der Waals surface area (Å²) in [5.41, 5.74) is 6.24. The lowest BCUT2D eigenvalue weighted by Crippen LogP contribution is -2.52. The number of nitrogen functional groups attached to an aromatic ring is 1. The largest absolute Gasteiger partial charge is 0.482 e. The first-order valence-corrected chi connectivity index (χ1v) is 5.87. The molecule has 0 saturated heterocycles. The quantitative estimate of drug-likeness (QED) is 0.779. The Bertz CT molecular complexity index is 414. The van der Waals surface area contributed by atoms with Crippen LogP contribution in [0, 0.1) is 0 Å². The molecule has 1 aliphatic carbocycles. The van der Waals surface area contributed by atoms with Crippen LogP contribution in [0.2, 0.25) is 0 Å². The summed E-state index contributed by atoms with van der Waals surface area (Å²) in [6.07, 6.45) is 3.28. The summed E-state index contributed by atoms with van der Waals surface area (Å²) in [6, 6.07) is 7.17. The second-order valence-electron chi connectivity index (χ2n) is 4.79. The molecule has 1 aromatic carbocycles. The number of nitrogens with two attached hydrogens (primary N) is 1. The molecule has 2 rings (SSSR count). The van der Waals surface area contributed by atoms with Crippen molar-refractivity contribution in [1.29, 1.82) is 0 Å². The maximum absolute atomic E-state index is 11.7. The highest BCUT2D eigenvalue weighted by molar-refractivity contribution is 5.78. The van der Waals surface area contributed by atoms with Crippen LogP contribution in [0.15, 0.2) is 24.3 Å². The summed E-state index contributed by atoms with van der Waals surface area (Å²) >= 11 is 0. The van der Waals surface area contributed by atoms with Crippen molar-refractivity contribution in [3.8, 4) is 5.75 Å². The SMILES string of the molecule is CC1(NC(=O)COc2ccccc2N)CCC1. The van der Waals surface area contributed by atoms with Gasteiger partial charge < -0.3 is 15.8 Å². The molecule has 4 nitrogen and oxygen atoms in total. The topological polar surface area (TPSA) is 64.3 Å². The monoisotopic (exact) mass is 234 g/mol. The molecule has 0 unspecified atom stereocenters. The Morgan fingerprint density at radius 2 is 2.18 bits per heavy atom. The van der Waals surface area contributed by atoms with Crippen molar-refractivity contribution in [2.75, 3.05) is 12.3 Å². The van der Waals surface area contributed by atoms with Crippen LogP contribution in [0.1, 0.15) is 26.2 Å². The minimum atomic E-state index is -0.0875. The number of hydrogen-bond acceptors (Lipinski definition) is 3. The van der Waals surface area contributed by atoms with Crippen molar-refractivity contribution < 1.29 is 9.53 Å². The third-order valence-corrected chi connectivity index (χ3v) is 3.18. The first kappa shape index (κ1) is 11.8. The molecule has 92 valence electrons. The molecule has 0 radical (unpaired) electrons. The van der Waals surface area contributed by atoms with Gasteiger partial charge in [-0.1, -0.05) is 12.1 Å². The fourth-order valence-electron chi connectivity index (χ4n) is 1.96. The Balaban J connectivity index is 1.82. The van der Waals surface area contributed by atoms with Gasteiger partial charge in [0, 0.05) is 5.54 Å². The van der Waals surface area contributed by atoms with E-state index in [-0.39, 0.29) is 18.1 Å². The van der Waals surface area contributed by atoms with Crippen LogP contribution in [0.3, 0.4) is 0 Å². The summed E-state index contributed by atoms with van der Waals surface area (Å²) in [5.74, 6) is 0.469. The fourth-order valence-corrected chi connectivity index (χ4v) is 1.96. The first-order chi connectivity index (χ1) is 8.09. The van der Waals surface area contributed by atoms with Gasteiger partial charge in [0.05, 0.1) is 5.69 Å². The second-order valence-corrected chi connectivity index (χ2v) is 4.79. The van der Waals surface area contributed by atoms with E-state index in [0.29, 0.717) is 11.4 Å². The Morgan fingerprint density at radius 1 is 1.47 bits per heavy atom. The Hall–Kier alpha value is -1.71. The number of rotatable bonds is 4. The summed E-state index contributed by atoms with van der Waals surface area (Å²) in [5, 5.41) is 2.98. The zero-order valence-electron chi connectivity index (χ0n) is 10.0. The number of nitrogens with one attached hydrogen (secondary N) is 1. The molecule has 0 spiro atoms. The van der Waals surface area contributed by atoms with Crippen LogP contribution in [-0.2, 0) is 4.79 Å². The summed E-state index contributed by atoms with van der Waals surface area (Å²) < 4.78 is 5.38. The first-order valence-electron chi connectivity index (χ1n) is 5.87. The predicted octanol–water partition coefficient (Wildman–Crippen LogP) is 1.71. The molecule has 1 amide bonds. The number of benzene rings is 1. The zero-order valence-corrected chi connectivity index (χ0v) is 10.0. The highest BCUT2D eigenvalue weighted by Gasteiger charge is 2.33. The average molecular weight is 234 g/mol. The molecule has 0 heterocycles. The van der Waals surface area contributed by atoms with Crippen molar-refractivity contribution in [1.82, 2.24) is 5.32 Å². The van der Waals surface area contributed by atoms with Crippen LogP contribution in [-0.4, -0.2) is 18.1 Å². The summed E-state index contributed by atoms with van der Waals surface area (Å²) in [4.78, 5) is 11.7. The standard InChI is InChI=1S/C13H18N2O2/c1-13(7-4-8-13)15-12(16)9-17-11-6-3-2-5-10(11)14/h2-3,5-6H,4,7-9,14H2,1H3,(H,15,16). The van der Waals surface area contributed by atoms with E-state index in [9.17, 15) is 4.79 Å². The molecule has 3 N–H and O–H groups in total. The number of carbonyl (C=O) groups excluding carboxylic acids is 1. The number of amides is 1. The van der Waals surface area contributed by atoms with Gasteiger partial charge in [0.25, 0.3) is 5.91 Å². The van der Waals surface area contributed by atoms with E-state index in [2.05, 4.69) is 12.2 Å². The molecule has 1 aliphatic rings. The van der Waals surface area contributed by atoms with Gasteiger partial charge in [-0.15, -0.1) is 0 Å². The zero-order chi connectivity index (χ0) is 12.3. The van der Waals surface area contributed by atoms with Gasteiger partial charge in [-0.2, -0.15) is 0 Å². The van der Waals surface area contributed by atoms with E-state index in [1.54, 1.807) is 12.1 Å². The minimum absolute atomic E-state index is 0.0177. The van der Waals surface area contributed by atoms with Crippen molar-refractivity contribution in [2.45, 2.75) is 31.7 Å². The van der Waals surface area contributed by atoms with E-state index >= 15 is 0 Å². The number of carbonyl (C=O) groups is 1. The second kappa shape index (κ2) is 4.65. The van der Waals surface area contributed by atoms with Gasteiger partial charge in [0.1, 0.15) is 5.75 Å². The van der Waals surface area contributed by atoms with Crippen molar-refractivity contribution in [3.63, 3.8) is 0 Å². The lowest BCUT2D eigenvalue weighted by atomic mass is 9.78. The molecule has 0 atom stereocenters. The highest BCUT2D eigenvalue weighted by Crippen LogP contribution is 2.30. The Labute approximate surface area is 101 Å². The van der Waals surface area contributed by atoms with Gasteiger partial charge >= 0.3 is 0 Å². The van der Waals surface area contributed by atoms with Gasteiger partial charge in [-0.3, -0.25) is 4.79 Å². The average Bonchev–Trinajstić information content (AvgIpc) is 2.26. The number of hydrogen-bond donors (Lipinski definition) is 2. The third-order valence-electron chi connectivity index (χ3n) is 3.18. The molecule has 4 heteroatoms. The summed E-state index contributed by atoms with van der Waals surface area (Å²) in [6.45, 7) is 2.08. The van der Waals surface area contributed by atoms with Crippen LogP contribution >= 0.6 is 0 Å². The van der Waals surface area contributed by atoms with Crippen LogP contribution < -0.4 is 15.8 Å². The summed E-state index contributed by atoms with van der Waals surface area (Å²) in [7, 11) is 0. The van der Waals surface area contributed by atoms with E-state index in [0.717, 1.165) is 12.8 Å². The molecule has 0 bridgehead atoms. The molecular weight excluding hydrogens is 216 g/mol. The van der Waals surface area contributed by atoms with Crippen LogP contribution in [0.25, 0.3) is 0 Å². The lowest BCUT2D eigenvalue weighted by Gasteiger charge is -2.39. The van der Waals surface area contributed by atoms with Crippen LogP contribution in [0.4, 0.5) is 5.69 Å². The van der Waals surface area contributed by atoms with E-state index < -0.39 is 0 Å². The fraction of sp³-hybridized carbons (Fsp3) is 0.462. The number of anilines is 1. The molecule has 0 aliphatic heterocycles. The number of ether oxygens (including phenoxy) is 1. The Kier molecular flexibility index (Phi) is 3.22. The maximum Gasteiger partial charge on any atom is 0.258 e.